The molecule has 0 radical (unpaired) electrons. The number of esters is 2. The number of hydrogen-bond acceptors (Lipinski definition) is 7. The second kappa shape index (κ2) is 15.1. The van der Waals surface area contributed by atoms with Gasteiger partial charge in [-0.3, -0.25) is 0 Å². The Bertz CT molecular complexity index is 850. The van der Waals surface area contributed by atoms with Gasteiger partial charge in [-0.2, -0.15) is 0 Å². The molecule has 0 heterocycles. The van der Waals surface area contributed by atoms with Crippen molar-refractivity contribution in [3.8, 4) is 11.5 Å². The molecule has 2 rings (SSSR count). The molecule has 0 aromatic heterocycles. The minimum Gasteiger partial charge on any atom is -0.480 e. The molecule has 180 valence electrons. The minimum atomic E-state index is -0.518. The lowest BCUT2D eigenvalue weighted by atomic mass is 10.3. The number of rotatable bonds is 14. The van der Waals surface area contributed by atoms with Gasteiger partial charge >= 0.3 is 11.9 Å². The first-order chi connectivity index (χ1) is 15.8. The van der Waals surface area contributed by atoms with Crippen LogP contribution in [0.4, 0.5) is 0 Å². The molecule has 0 N–H and O–H groups in total. The first kappa shape index (κ1) is 27.3. The van der Waals surface area contributed by atoms with Gasteiger partial charge in [-0.15, -0.1) is 0 Å². The second-order valence-corrected chi connectivity index (χ2v) is 8.17. The fourth-order valence-corrected chi connectivity index (χ4v) is 3.26. The Labute approximate surface area is 211 Å². The highest BCUT2D eigenvalue weighted by Crippen LogP contribution is 2.28. The molecule has 0 saturated heterocycles. The van der Waals surface area contributed by atoms with Crippen LogP contribution >= 0.6 is 46.4 Å². The Morgan fingerprint density at radius 1 is 0.636 bits per heavy atom. The van der Waals surface area contributed by atoms with Crippen molar-refractivity contribution < 1.29 is 33.3 Å². The predicted molar refractivity (Wildman–Crippen MR) is 126 cm³/mol. The summed E-state index contributed by atoms with van der Waals surface area (Å²) >= 11 is 23.5. The monoisotopic (exact) mass is 538 g/mol. The summed E-state index contributed by atoms with van der Waals surface area (Å²) in [7, 11) is 0. The summed E-state index contributed by atoms with van der Waals surface area (Å²) in [6.07, 6.45) is 1.03. The van der Waals surface area contributed by atoms with Gasteiger partial charge in [0.2, 0.25) is 0 Å². The van der Waals surface area contributed by atoms with Crippen LogP contribution in [0.5, 0.6) is 11.5 Å². The average Bonchev–Trinajstić information content (AvgIpc) is 2.76. The minimum absolute atomic E-state index is 0.191. The Hall–Kier alpha value is -1.90. The summed E-state index contributed by atoms with van der Waals surface area (Å²) in [6.45, 7) is 0.641. The zero-order valence-electron chi connectivity index (χ0n) is 17.5. The number of hydrogen-bond donors (Lipinski definition) is 0. The molecule has 0 unspecified atom stereocenters. The summed E-state index contributed by atoms with van der Waals surface area (Å²) in [4.78, 5) is 23.4. The second-order valence-electron chi connectivity index (χ2n) is 6.49. The van der Waals surface area contributed by atoms with Gasteiger partial charge in [0.1, 0.15) is 11.5 Å². The Morgan fingerprint density at radius 2 is 1.06 bits per heavy atom. The van der Waals surface area contributed by atoms with E-state index in [1.165, 1.54) is 12.1 Å². The molecule has 0 bridgehead atoms. The van der Waals surface area contributed by atoms with Gasteiger partial charge in [0, 0.05) is 36.1 Å². The van der Waals surface area contributed by atoms with Crippen molar-refractivity contribution in [2.45, 2.75) is 12.8 Å². The third-order valence-corrected chi connectivity index (χ3v) is 4.93. The van der Waals surface area contributed by atoms with E-state index >= 15 is 0 Å². The quantitative estimate of drug-likeness (QED) is 0.227. The smallest absolute Gasteiger partial charge is 0.344 e. The number of carbonyl (C=O) groups is 2. The fraction of sp³-hybridized carbons (Fsp3) is 0.364. The third kappa shape index (κ3) is 11.2. The molecule has 11 heteroatoms. The van der Waals surface area contributed by atoms with E-state index < -0.39 is 11.9 Å². The fourth-order valence-electron chi connectivity index (χ4n) is 2.34. The van der Waals surface area contributed by atoms with Crippen molar-refractivity contribution in [3.63, 3.8) is 0 Å². The van der Waals surface area contributed by atoms with Gasteiger partial charge in [0.15, 0.2) is 13.2 Å². The van der Waals surface area contributed by atoms with Crippen LogP contribution in [-0.2, 0) is 23.8 Å². The molecular weight excluding hydrogens is 518 g/mol. The highest BCUT2D eigenvalue weighted by atomic mass is 35.5. The van der Waals surface area contributed by atoms with Gasteiger partial charge in [0.25, 0.3) is 0 Å². The zero-order valence-corrected chi connectivity index (χ0v) is 20.5. The molecule has 0 atom stereocenters. The standard InChI is InChI=1S/C22H22Cl4O7/c23-15-3-5-19(17(25)11-15)32-13-21(27)30-9-1-7-29-8-2-10-31-22(28)14-33-20-6-4-16(24)12-18(20)26/h3-6,11-12H,1-2,7-10,13-14H2. The van der Waals surface area contributed by atoms with Crippen molar-refractivity contribution in [1.82, 2.24) is 0 Å². The summed E-state index contributed by atoms with van der Waals surface area (Å²) in [5.74, 6) is -0.338. The van der Waals surface area contributed by atoms with Crippen LogP contribution in [0.15, 0.2) is 36.4 Å². The number of carbonyl (C=O) groups excluding carboxylic acids is 2. The van der Waals surface area contributed by atoms with Crippen LogP contribution < -0.4 is 9.47 Å². The molecule has 2 aromatic rings. The lowest BCUT2D eigenvalue weighted by Gasteiger charge is -2.09. The molecule has 2 aromatic carbocycles. The maximum Gasteiger partial charge on any atom is 0.344 e. The van der Waals surface area contributed by atoms with Crippen molar-refractivity contribution >= 4 is 58.3 Å². The Kier molecular flexibility index (Phi) is 12.5. The first-order valence-electron chi connectivity index (χ1n) is 9.90. The summed E-state index contributed by atoms with van der Waals surface area (Å²) in [6, 6.07) is 9.41. The lowest BCUT2D eigenvalue weighted by molar-refractivity contribution is -0.146. The van der Waals surface area contributed by atoms with Crippen LogP contribution in [0.3, 0.4) is 0 Å². The van der Waals surface area contributed by atoms with Crippen LogP contribution in [0, 0.1) is 0 Å². The van der Waals surface area contributed by atoms with Crippen LogP contribution in [0.25, 0.3) is 0 Å². The highest BCUT2D eigenvalue weighted by Gasteiger charge is 2.09. The van der Waals surface area contributed by atoms with Gasteiger partial charge in [-0.1, -0.05) is 46.4 Å². The largest absolute Gasteiger partial charge is 0.480 e. The van der Waals surface area contributed by atoms with Crippen molar-refractivity contribution in [2.75, 3.05) is 39.6 Å². The van der Waals surface area contributed by atoms with E-state index in [4.69, 9.17) is 70.1 Å². The van der Waals surface area contributed by atoms with Crippen LogP contribution in [0.2, 0.25) is 20.1 Å². The van der Waals surface area contributed by atoms with Crippen LogP contribution in [0.1, 0.15) is 12.8 Å². The van der Waals surface area contributed by atoms with E-state index in [0.717, 1.165) is 0 Å². The maximum atomic E-state index is 11.7. The van der Waals surface area contributed by atoms with Crippen molar-refractivity contribution in [1.29, 1.82) is 0 Å². The number of halogens is 4. The molecule has 0 saturated carbocycles. The van der Waals surface area contributed by atoms with E-state index in [1.54, 1.807) is 24.3 Å². The van der Waals surface area contributed by atoms with Gasteiger partial charge in [0.05, 0.1) is 23.3 Å². The van der Waals surface area contributed by atoms with Gasteiger partial charge in [-0.05, 0) is 36.4 Å². The SMILES string of the molecule is O=C(COc1ccc(Cl)cc1Cl)OCCCOCCCOC(=O)COc1ccc(Cl)cc1Cl. The van der Waals surface area contributed by atoms with E-state index in [2.05, 4.69) is 0 Å². The van der Waals surface area contributed by atoms with E-state index in [0.29, 0.717) is 57.6 Å². The summed E-state index contributed by atoms with van der Waals surface area (Å²) in [5, 5.41) is 1.57. The van der Waals surface area contributed by atoms with Gasteiger partial charge < -0.3 is 23.7 Å². The molecule has 0 aliphatic rings. The molecule has 0 amide bonds. The number of benzene rings is 2. The lowest BCUT2D eigenvalue weighted by Crippen LogP contribution is -2.17. The maximum absolute atomic E-state index is 11.7. The molecule has 0 aliphatic carbocycles. The van der Waals surface area contributed by atoms with Crippen molar-refractivity contribution in [3.05, 3.63) is 56.5 Å². The average molecular weight is 540 g/mol. The third-order valence-electron chi connectivity index (χ3n) is 3.87. The summed E-state index contributed by atoms with van der Waals surface area (Å²) < 4.78 is 26.1. The molecular formula is C22H22Cl4O7. The predicted octanol–water partition coefficient (Wildman–Crippen LogP) is 5.64. The number of ether oxygens (including phenoxy) is 5. The Balaban J connectivity index is 1.43. The van der Waals surface area contributed by atoms with Crippen LogP contribution in [-0.4, -0.2) is 51.6 Å². The van der Waals surface area contributed by atoms with E-state index in [-0.39, 0.29) is 26.4 Å². The van der Waals surface area contributed by atoms with Crippen molar-refractivity contribution in [2.24, 2.45) is 0 Å². The normalized spacial score (nSPS) is 10.5. The molecule has 0 fully saturated rings. The highest BCUT2D eigenvalue weighted by molar-refractivity contribution is 6.36. The topological polar surface area (TPSA) is 80.3 Å². The summed E-state index contributed by atoms with van der Waals surface area (Å²) in [5.41, 5.74) is 0. The molecule has 33 heavy (non-hydrogen) atoms. The molecule has 0 aliphatic heterocycles. The molecule has 7 nitrogen and oxygen atoms in total. The van der Waals surface area contributed by atoms with Gasteiger partial charge in [-0.25, -0.2) is 9.59 Å². The molecule has 0 spiro atoms. The van der Waals surface area contributed by atoms with E-state index in [9.17, 15) is 9.59 Å². The Morgan fingerprint density at radius 3 is 1.45 bits per heavy atom. The van der Waals surface area contributed by atoms with E-state index in [1.807, 2.05) is 0 Å². The zero-order chi connectivity index (χ0) is 24.1. The first-order valence-corrected chi connectivity index (χ1v) is 11.4.